The van der Waals surface area contributed by atoms with Gasteiger partial charge in [-0.05, 0) is 35.7 Å². The van der Waals surface area contributed by atoms with Crippen LogP contribution in [0.25, 0.3) is 10.9 Å². The number of carbonyl (C=O) groups excluding carboxylic acids is 4. The summed E-state index contributed by atoms with van der Waals surface area (Å²) in [4.78, 5) is 53.5. The van der Waals surface area contributed by atoms with Gasteiger partial charge in [0, 0.05) is 28.2 Å². The number of aromatic amines is 1. The van der Waals surface area contributed by atoms with Crippen molar-refractivity contribution in [3.63, 3.8) is 0 Å². The third kappa shape index (κ3) is 4.72. The first-order chi connectivity index (χ1) is 14.9. The lowest BCUT2D eigenvalue weighted by Crippen LogP contribution is -2.31. The van der Waals surface area contributed by atoms with Gasteiger partial charge >= 0.3 is 5.97 Å². The minimum Gasteiger partial charge on any atom is -0.457 e. The van der Waals surface area contributed by atoms with Crippen LogP contribution in [0.1, 0.15) is 16.8 Å². The molecule has 2 amide bonds. The molecular formula is C22H17BrN2O5S. The molecule has 0 aliphatic carbocycles. The summed E-state index contributed by atoms with van der Waals surface area (Å²) in [6.45, 7) is -0.374. The van der Waals surface area contributed by atoms with Crippen LogP contribution < -0.4 is 4.90 Å². The zero-order valence-electron chi connectivity index (χ0n) is 16.2. The standard InChI is InChI=1S/C22H17BrN2O5S/c23-15-4-1-14(2-5-15)18(26)11-30-21(28)12-31-19-10-20(27)25(22(19)29)16-6-3-13-7-8-24-17(13)9-16/h1-9,19,24H,10-12H2. The Morgan fingerprint density at radius 3 is 2.68 bits per heavy atom. The second kappa shape index (κ2) is 9.07. The molecule has 0 radical (unpaired) electrons. The van der Waals surface area contributed by atoms with Crippen LogP contribution in [0.4, 0.5) is 5.69 Å². The van der Waals surface area contributed by atoms with Crippen molar-refractivity contribution in [3.8, 4) is 0 Å². The Kier molecular flexibility index (Phi) is 6.24. The van der Waals surface area contributed by atoms with E-state index in [4.69, 9.17) is 4.74 Å². The lowest BCUT2D eigenvalue weighted by molar-refractivity contribution is -0.139. The fourth-order valence-electron chi connectivity index (χ4n) is 3.26. The van der Waals surface area contributed by atoms with Gasteiger partial charge in [-0.15, -0.1) is 11.8 Å². The number of benzene rings is 2. The number of nitrogens with one attached hydrogen (secondary N) is 1. The summed E-state index contributed by atoms with van der Waals surface area (Å²) < 4.78 is 5.87. The molecule has 0 saturated carbocycles. The van der Waals surface area contributed by atoms with Crippen molar-refractivity contribution in [1.82, 2.24) is 4.98 Å². The monoisotopic (exact) mass is 500 g/mol. The van der Waals surface area contributed by atoms with E-state index in [2.05, 4.69) is 20.9 Å². The Bertz CT molecular complexity index is 1170. The van der Waals surface area contributed by atoms with Crippen LogP contribution in [-0.2, 0) is 19.1 Å². The second-order valence-electron chi connectivity index (χ2n) is 6.91. The summed E-state index contributed by atoms with van der Waals surface area (Å²) in [5.41, 5.74) is 1.76. The molecule has 1 aliphatic heterocycles. The number of amides is 2. The third-order valence-corrected chi connectivity index (χ3v) is 6.54. The summed E-state index contributed by atoms with van der Waals surface area (Å²) in [5, 5.41) is 0.316. The van der Waals surface area contributed by atoms with Gasteiger partial charge in [0.1, 0.15) is 0 Å². The van der Waals surface area contributed by atoms with Crippen LogP contribution in [0.3, 0.4) is 0 Å². The van der Waals surface area contributed by atoms with Crippen LogP contribution >= 0.6 is 27.7 Å². The number of esters is 1. The highest BCUT2D eigenvalue weighted by atomic mass is 79.9. The topological polar surface area (TPSA) is 96.5 Å². The first-order valence-corrected chi connectivity index (χ1v) is 11.3. The molecule has 1 atom stereocenters. The van der Waals surface area contributed by atoms with E-state index in [-0.39, 0.29) is 36.4 Å². The van der Waals surface area contributed by atoms with Gasteiger partial charge in [-0.1, -0.05) is 34.1 Å². The number of thioether (sulfide) groups is 1. The first kappa shape index (κ1) is 21.3. The molecule has 2 heterocycles. The van der Waals surface area contributed by atoms with E-state index in [1.54, 1.807) is 42.6 Å². The Morgan fingerprint density at radius 2 is 1.90 bits per heavy atom. The van der Waals surface area contributed by atoms with Gasteiger partial charge in [0.05, 0.1) is 16.7 Å². The maximum Gasteiger partial charge on any atom is 0.316 e. The van der Waals surface area contributed by atoms with Gasteiger partial charge in [0.25, 0.3) is 0 Å². The molecule has 0 bridgehead atoms. The molecule has 0 spiro atoms. The van der Waals surface area contributed by atoms with Gasteiger partial charge < -0.3 is 9.72 Å². The van der Waals surface area contributed by atoms with E-state index in [9.17, 15) is 19.2 Å². The molecule has 4 rings (SSSR count). The molecule has 3 aromatic rings. The maximum atomic E-state index is 12.7. The molecule has 31 heavy (non-hydrogen) atoms. The van der Waals surface area contributed by atoms with Gasteiger partial charge in [0.2, 0.25) is 11.8 Å². The van der Waals surface area contributed by atoms with Crippen LogP contribution in [0.2, 0.25) is 0 Å². The van der Waals surface area contributed by atoms with Crippen molar-refractivity contribution in [2.75, 3.05) is 17.3 Å². The molecule has 2 aromatic carbocycles. The number of ketones is 1. The first-order valence-electron chi connectivity index (χ1n) is 9.42. The van der Waals surface area contributed by atoms with Crippen molar-refractivity contribution in [2.45, 2.75) is 11.7 Å². The number of ether oxygens (including phenoxy) is 1. The van der Waals surface area contributed by atoms with Crippen molar-refractivity contribution in [1.29, 1.82) is 0 Å². The highest BCUT2D eigenvalue weighted by molar-refractivity contribution is 9.10. The summed E-state index contributed by atoms with van der Waals surface area (Å²) in [6.07, 6.45) is 1.80. The van der Waals surface area contributed by atoms with Crippen LogP contribution in [0.5, 0.6) is 0 Å². The summed E-state index contributed by atoms with van der Waals surface area (Å²) in [5.74, 6) is -1.72. The summed E-state index contributed by atoms with van der Waals surface area (Å²) in [7, 11) is 0. The van der Waals surface area contributed by atoms with E-state index < -0.39 is 11.2 Å². The molecule has 9 heteroatoms. The number of carbonyl (C=O) groups is 4. The molecule has 1 aromatic heterocycles. The number of anilines is 1. The maximum absolute atomic E-state index is 12.7. The number of Topliss-reactive ketones (excluding diaryl/α,β-unsaturated/α-hetero) is 1. The van der Waals surface area contributed by atoms with Gasteiger partial charge in [-0.2, -0.15) is 0 Å². The van der Waals surface area contributed by atoms with Crippen molar-refractivity contribution < 1.29 is 23.9 Å². The zero-order valence-corrected chi connectivity index (χ0v) is 18.6. The fourth-order valence-corrected chi connectivity index (χ4v) is 4.45. The van der Waals surface area contributed by atoms with Gasteiger partial charge in [0.15, 0.2) is 12.4 Å². The number of halogens is 1. The molecule has 1 aliphatic rings. The Morgan fingerprint density at radius 1 is 1.13 bits per heavy atom. The number of rotatable bonds is 7. The van der Waals surface area contributed by atoms with Gasteiger partial charge in [-0.3, -0.25) is 19.2 Å². The summed E-state index contributed by atoms with van der Waals surface area (Å²) >= 11 is 4.34. The molecule has 1 fully saturated rings. The average molecular weight is 501 g/mol. The van der Waals surface area contributed by atoms with E-state index in [1.165, 1.54) is 0 Å². The lowest BCUT2D eigenvalue weighted by Gasteiger charge is -2.15. The minimum absolute atomic E-state index is 0.0113. The van der Waals surface area contributed by atoms with Crippen molar-refractivity contribution >= 4 is 67.8 Å². The van der Waals surface area contributed by atoms with Crippen molar-refractivity contribution in [3.05, 3.63) is 64.8 Å². The highest BCUT2D eigenvalue weighted by Crippen LogP contribution is 2.31. The Hall–Kier alpha value is -2.91. The summed E-state index contributed by atoms with van der Waals surface area (Å²) in [6, 6.07) is 13.9. The fraction of sp³-hybridized carbons (Fsp3) is 0.182. The van der Waals surface area contributed by atoms with E-state index in [0.29, 0.717) is 11.3 Å². The number of nitrogens with zero attached hydrogens (tertiary/aromatic N) is 1. The van der Waals surface area contributed by atoms with Crippen LogP contribution in [0, 0.1) is 0 Å². The number of fused-ring (bicyclic) bond motifs is 1. The highest BCUT2D eigenvalue weighted by Gasteiger charge is 2.40. The largest absolute Gasteiger partial charge is 0.457 e. The Labute approximate surface area is 190 Å². The molecule has 1 unspecified atom stereocenters. The quantitative estimate of drug-likeness (QED) is 0.301. The number of H-pyrrole nitrogens is 1. The molecule has 7 nitrogen and oxygen atoms in total. The van der Waals surface area contributed by atoms with E-state index in [1.807, 2.05) is 12.1 Å². The lowest BCUT2D eigenvalue weighted by atomic mass is 10.1. The molecule has 1 saturated heterocycles. The zero-order chi connectivity index (χ0) is 22.0. The Balaban J connectivity index is 1.31. The smallest absolute Gasteiger partial charge is 0.316 e. The van der Waals surface area contributed by atoms with E-state index >= 15 is 0 Å². The van der Waals surface area contributed by atoms with Crippen LogP contribution in [-0.4, -0.2) is 46.2 Å². The molecular weight excluding hydrogens is 484 g/mol. The van der Waals surface area contributed by atoms with Crippen LogP contribution in [0.15, 0.2) is 59.2 Å². The third-order valence-electron chi connectivity index (χ3n) is 4.83. The number of hydrogen-bond donors (Lipinski definition) is 1. The van der Waals surface area contributed by atoms with Gasteiger partial charge in [-0.25, -0.2) is 4.90 Å². The minimum atomic E-state index is -0.665. The number of imide groups is 1. The number of aromatic nitrogens is 1. The molecule has 158 valence electrons. The predicted octanol–water partition coefficient (Wildman–Crippen LogP) is 3.72. The second-order valence-corrected chi connectivity index (χ2v) is 9.02. The SMILES string of the molecule is O=C(CSC1CC(=O)N(c2ccc3cc[nH]c3c2)C1=O)OCC(=O)c1ccc(Br)cc1. The predicted molar refractivity (Wildman–Crippen MR) is 121 cm³/mol. The number of hydrogen-bond acceptors (Lipinski definition) is 6. The van der Waals surface area contributed by atoms with E-state index in [0.717, 1.165) is 32.0 Å². The normalized spacial score (nSPS) is 16.2. The molecule has 1 N–H and O–H groups in total. The average Bonchev–Trinajstić information content (AvgIpc) is 3.34. The van der Waals surface area contributed by atoms with Crippen molar-refractivity contribution in [2.24, 2.45) is 0 Å².